The van der Waals surface area contributed by atoms with E-state index in [9.17, 15) is 2.74 Å². The van der Waals surface area contributed by atoms with Crippen molar-refractivity contribution in [3.8, 4) is 11.4 Å². The van der Waals surface area contributed by atoms with Crippen molar-refractivity contribution < 1.29 is 11.0 Å². The Kier molecular flexibility index (Phi) is 5.20. The lowest BCUT2D eigenvalue weighted by molar-refractivity contribution is 1.17. The van der Waals surface area contributed by atoms with Crippen molar-refractivity contribution in [3.05, 3.63) is 206 Å². The third kappa shape index (κ3) is 4.49. The summed E-state index contributed by atoms with van der Waals surface area (Å²) in [5.74, 6) is 0. The van der Waals surface area contributed by atoms with E-state index in [0.717, 1.165) is 10.9 Å². The maximum Gasteiger partial charge on any atom is 0.179 e. The van der Waals surface area contributed by atoms with Crippen molar-refractivity contribution in [1.82, 2.24) is 9.13 Å². The minimum atomic E-state index is -2.84. The van der Waals surface area contributed by atoms with E-state index in [0.29, 0.717) is 49.3 Å². The SMILES string of the molecule is [2H]c1c([2H])c([2H])c2c(c1[2H])c1ccccc1n2-c1ccc2c(c1)c1c([2H])c([2H])c([2H])c([2H])c1n2-c1ccc([Si](c2ccccc2)(c2ccccc2)c2ccccc2)cc1. The molecular formula is C48H34N2Si. The zero-order valence-electron chi connectivity index (χ0n) is 35.4. The maximum absolute atomic E-state index is 9.24. The zero-order chi connectivity index (χ0) is 40.7. The van der Waals surface area contributed by atoms with Crippen molar-refractivity contribution in [2.24, 2.45) is 0 Å². The smallest absolute Gasteiger partial charge is 0.179 e. The van der Waals surface area contributed by atoms with Gasteiger partial charge in [0.05, 0.1) is 33.0 Å². The highest BCUT2D eigenvalue weighted by Gasteiger charge is 2.41. The van der Waals surface area contributed by atoms with E-state index < -0.39 is 8.07 Å². The fraction of sp³-hybridized carbons (Fsp3) is 0. The molecule has 0 spiro atoms. The Labute approximate surface area is 309 Å². The largest absolute Gasteiger partial charge is 0.309 e. The van der Waals surface area contributed by atoms with Gasteiger partial charge in [-0.2, -0.15) is 0 Å². The van der Waals surface area contributed by atoms with Gasteiger partial charge in [0, 0.05) is 32.9 Å². The lowest BCUT2D eigenvalue weighted by atomic mass is 10.1. The lowest BCUT2D eigenvalue weighted by Gasteiger charge is -2.34. The van der Waals surface area contributed by atoms with Gasteiger partial charge >= 0.3 is 0 Å². The molecule has 0 unspecified atom stereocenters. The highest BCUT2D eigenvalue weighted by molar-refractivity contribution is 7.19. The molecule has 0 radical (unpaired) electrons. The van der Waals surface area contributed by atoms with Crippen LogP contribution in [0.4, 0.5) is 0 Å². The van der Waals surface area contributed by atoms with E-state index in [1.54, 1.807) is 0 Å². The molecule has 0 aliphatic heterocycles. The molecule has 0 N–H and O–H groups in total. The first kappa shape index (κ1) is 22.3. The summed E-state index contributed by atoms with van der Waals surface area (Å²) in [7, 11) is -2.84. The van der Waals surface area contributed by atoms with Gasteiger partial charge in [-0.05, 0) is 69.2 Å². The Morgan fingerprint density at radius 2 is 0.765 bits per heavy atom. The Bertz CT molecular complexity index is 3200. The molecule has 0 aliphatic rings. The van der Waals surface area contributed by atoms with Gasteiger partial charge in [0.25, 0.3) is 0 Å². The molecule has 2 aromatic heterocycles. The summed E-state index contributed by atoms with van der Waals surface area (Å²) >= 11 is 0. The minimum absolute atomic E-state index is 0.120. The topological polar surface area (TPSA) is 9.86 Å². The molecule has 8 aromatic carbocycles. The van der Waals surface area contributed by atoms with Crippen molar-refractivity contribution >= 4 is 72.4 Å². The van der Waals surface area contributed by atoms with E-state index in [1.165, 1.54) is 15.6 Å². The normalized spacial score (nSPS) is 14.1. The number of para-hydroxylation sites is 3. The van der Waals surface area contributed by atoms with E-state index in [1.807, 2.05) is 81.9 Å². The number of hydrogen-bond donors (Lipinski definition) is 0. The van der Waals surface area contributed by atoms with Gasteiger partial charge in [-0.15, -0.1) is 0 Å². The molecule has 240 valence electrons. The van der Waals surface area contributed by atoms with Crippen LogP contribution in [-0.4, -0.2) is 17.2 Å². The van der Waals surface area contributed by atoms with Crippen LogP contribution in [-0.2, 0) is 0 Å². The Morgan fingerprint density at radius 3 is 1.35 bits per heavy atom. The highest BCUT2D eigenvalue weighted by Crippen LogP contribution is 2.36. The number of aromatic nitrogens is 2. The van der Waals surface area contributed by atoms with Gasteiger partial charge in [-0.25, -0.2) is 0 Å². The second-order valence-corrected chi connectivity index (χ2v) is 16.5. The summed E-state index contributed by atoms with van der Waals surface area (Å²) in [5.41, 5.74) is 3.37. The molecule has 0 aliphatic carbocycles. The van der Waals surface area contributed by atoms with Crippen LogP contribution in [0.3, 0.4) is 0 Å². The fourth-order valence-corrected chi connectivity index (χ4v) is 12.7. The first-order chi connectivity index (χ1) is 28.6. The standard InChI is InChI=1S/C48H34N2Si/c1-4-16-37(17-5-1)51(38-18-6-2-7-19-38,39-20-8-3-9-21-39)40-31-28-35(29-32-40)49-47-27-15-12-24-43(47)44-34-36(30-33-48(44)49)50-45-25-13-10-22-41(45)42-23-11-14-26-46(42)50/h1-34H/i10D,12D,13D,15D,22D,24D,25D,27D. The molecule has 0 amide bonds. The Hall–Kier alpha value is -6.42. The average molecular weight is 675 g/mol. The second-order valence-electron chi connectivity index (χ2n) is 12.7. The molecule has 10 aromatic rings. The summed E-state index contributed by atoms with van der Waals surface area (Å²) in [6.07, 6.45) is 0. The average Bonchev–Trinajstić information content (AvgIpc) is 3.81. The van der Waals surface area contributed by atoms with E-state index in [4.69, 9.17) is 8.22 Å². The first-order valence-corrected chi connectivity index (χ1v) is 19.0. The van der Waals surface area contributed by atoms with Crippen molar-refractivity contribution in [1.29, 1.82) is 0 Å². The van der Waals surface area contributed by atoms with Gasteiger partial charge in [-0.1, -0.05) is 158 Å². The van der Waals surface area contributed by atoms with Gasteiger partial charge in [0.15, 0.2) is 8.07 Å². The molecule has 2 heterocycles. The van der Waals surface area contributed by atoms with Crippen LogP contribution in [0.5, 0.6) is 0 Å². The lowest BCUT2D eigenvalue weighted by Crippen LogP contribution is -2.74. The zero-order valence-corrected chi connectivity index (χ0v) is 28.4. The predicted octanol–water partition coefficient (Wildman–Crippen LogP) is 9.26. The van der Waals surface area contributed by atoms with Crippen LogP contribution < -0.4 is 20.7 Å². The fourth-order valence-electron chi connectivity index (χ4n) is 7.98. The van der Waals surface area contributed by atoms with E-state index in [-0.39, 0.29) is 48.3 Å². The highest BCUT2D eigenvalue weighted by atomic mass is 28.3. The molecule has 3 heteroatoms. The van der Waals surface area contributed by atoms with Crippen LogP contribution >= 0.6 is 0 Å². The molecular weight excluding hydrogens is 633 g/mol. The number of fused-ring (bicyclic) bond motifs is 6. The number of nitrogens with zero attached hydrogens (tertiary/aromatic N) is 2. The molecule has 10 rings (SSSR count). The van der Waals surface area contributed by atoms with Crippen LogP contribution in [0.1, 0.15) is 11.0 Å². The summed E-state index contributed by atoms with van der Waals surface area (Å²) in [6.45, 7) is 0. The summed E-state index contributed by atoms with van der Waals surface area (Å²) in [6, 6.07) is 51.5. The molecule has 0 bridgehead atoms. The van der Waals surface area contributed by atoms with E-state index >= 15 is 0 Å². The number of rotatable bonds is 6. The molecule has 0 fully saturated rings. The van der Waals surface area contributed by atoms with Gasteiger partial charge < -0.3 is 9.13 Å². The van der Waals surface area contributed by atoms with Gasteiger partial charge in [0.2, 0.25) is 0 Å². The molecule has 51 heavy (non-hydrogen) atoms. The van der Waals surface area contributed by atoms with Crippen LogP contribution in [0.25, 0.3) is 55.0 Å². The Balaban J connectivity index is 1.25. The van der Waals surface area contributed by atoms with Crippen LogP contribution in [0.2, 0.25) is 0 Å². The maximum atomic E-state index is 9.24. The van der Waals surface area contributed by atoms with E-state index in [2.05, 4.69) is 84.9 Å². The van der Waals surface area contributed by atoms with Gasteiger partial charge in [0.1, 0.15) is 0 Å². The quantitative estimate of drug-likeness (QED) is 0.123. The first-order valence-electron chi connectivity index (χ1n) is 21.0. The molecule has 0 atom stereocenters. The second kappa shape index (κ2) is 11.9. The molecule has 2 nitrogen and oxygen atoms in total. The predicted molar refractivity (Wildman–Crippen MR) is 219 cm³/mol. The van der Waals surface area contributed by atoms with Crippen molar-refractivity contribution in [2.45, 2.75) is 0 Å². The summed E-state index contributed by atoms with van der Waals surface area (Å²) in [4.78, 5) is 0. The summed E-state index contributed by atoms with van der Waals surface area (Å²) in [5, 5.41) is 6.90. The van der Waals surface area contributed by atoms with Crippen LogP contribution in [0, 0.1) is 0 Å². The number of benzene rings is 8. The van der Waals surface area contributed by atoms with Crippen molar-refractivity contribution in [2.75, 3.05) is 0 Å². The number of hydrogen-bond acceptors (Lipinski definition) is 0. The summed E-state index contributed by atoms with van der Waals surface area (Å²) < 4.78 is 74.4. The minimum Gasteiger partial charge on any atom is -0.309 e. The Morgan fingerprint density at radius 1 is 0.333 bits per heavy atom. The third-order valence-corrected chi connectivity index (χ3v) is 14.9. The monoisotopic (exact) mass is 674 g/mol. The van der Waals surface area contributed by atoms with Crippen LogP contribution in [0.15, 0.2) is 206 Å². The van der Waals surface area contributed by atoms with Crippen molar-refractivity contribution in [3.63, 3.8) is 0 Å². The third-order valence-electron chi connectivity index (χ3n) is 10.1. The molecule has 0 saturated carbocycles. The van der Waals surface area contributed by atoms with Gasteiger partial charge in [-0.3, -0.25) is 0 Å². The molecule has 0 saturated heterocycles.